The molecule has 12 nitrogen and oxygen atoms in total. The van der Waals surface area contributed by atoms with Gasteiger partial charge in [0.1, 0.15) is 18.2 Å². The number of anilines is 1. The van der Waals surface area contributed by atoms with E-state index in [4.69, 9.17) is 14.6 Å². The Morgan fingerprint density at radius 2 is 1.85 bits per heavy atom. The van der Waals surface area contributed by atoms with Gasteiger partial charge in [-0.3, -0.25) is 14.6 Å². The number of aromatic hydroxyl groups is 1. The highest BCUT2D eigenvalue weighted by Crippen LogP contribution is 2.33. The number of urea groups is 1. The van der Waals surface area contributed by atoms with Crippen LogP contribution in [0.25, 0.3) is 22.7 Å². The smallest absolute Gasteiger partial charge is 0.320 e. The normalized spacial score (nSPS) is 13.6. The van der Waals surface area contributed by atoms with Crippen molar-refractivity contribution in [1.82, 2.24) is 34.6 Å². The van der Waals surface area contributed by atoms with Crippen LogP contribution in [0.5, 0.6) is 11.5 Å². The summed E-state index contributed by atoms with van der Waals surface area (Å²) in [6, 6.07) is 25.1. The van der Waals surface area contributed by atoms with Crippen LogP contribution in [0.1, 0.15) is 38.4 Å². The molecule has 1 saturated heterocycles. The molecule has 0 unspecified atom stereocenters. The molecule has 0 aliphatic carbocycles. The fraction of sp³-hybridized carbons (Fsp3) is 0.300. The van der Waals surface area contributed by atoms with E-state index in [1.54, 1.807) is 17.8 Å². The third kappa shape index (κ3) is 8.51. The zero-order valence-corrected chi connectivity index (χ0v) is 31.3. The molecule has 1 aliphatic heterocycles. The highest BCUT2D eigenvalue weighted by atomic mass is 32.2. The van der Waals surface area contributed by atoms with Crippen molar-refractivity contribution in [3.8, 4) is 28.6 Å². The first-order chi connectivity index (χ1) is 26.2. The zero-order chi connectivity index (χ0) is 37.7. The van der Waals surface area contributed by atoms with Crippen molar-refractivity contribution in [3.63, 3.8) is 0 Å². The number of amides is 2. The third-order valence-corrected chi connectivity index (χ3v) is 10.7. The molecule has 2 amide bonds. The quantitative estimate of drug-likeness (QED) is 0.111. The number of pyridine rings is 1. The van der Waals surface area contributed by atoms with E-state index in [0.717, 1.165) is 77.3 Å². The summed E-state index contributed by atoms with van der Waals surface area (Å²) in [7, 11) is 0. The average Bonchev–Trinajstić information content (AvgIpc) is 3.81. The summed E-state index contributed by atoms with van der Waals surface area (Å²) in [6.45, 7) is 11.2. The largest absolute Gasteiger partial charge is 0.505 e. The Hall–Kier alpha value is -5.44. The lowest BCUT2D eigenvalue weighted by atomic mass is 9.87. The third-order valence-electron chi connectivity index (χ3n) is 9.59. The summed E-state index contributed by atoms with van der Waals surface area (Å²) in [5.41, 5.74) is 3.42. The number of nitrogens with one attached hydrogen (secondary N) is 2. The van der Waals surface area contributed by atoms with Crippen molar-refractivity contribution in [2.24, 2.45) is 0 Å². The molecular formula is C40H43FN8O4S. The van der Waals surface area contributed by atoms with Crippen molar-refractivity contribution in [2.75, 3.05) is 44.8 Å². The number of carbonyl (C=O) groups excluding carboxylic acids is 1. The van der Waals surface area contributed by atoms with E-state index in [2.05, 4.69) is 46.5 Å². The Bertz CT molecular complexity index is 2250. The summed E-state index contributed by atoms with van der Waals surface area (Å²) in [5, 5.41) is 29.5. The Labute approximate surface area is 317 Å². The number of morpholine rings is 1. The molecule has 3 N–H and O–H groups in total. The second kappa shape index (κ2) is 16.3. The second-order valence-corrected chi connectivity index (χ2v) is 14.8. The number of hydrogen-bond acceptors (Lipinski definition) is 9. The van der Waals surface area contributed by atoms with E-state index in [1.807, 2.05) is 71.3 Å². The van der Waals surface area contributed by atoms with Crippen LogP contribution in [0, 0.1) is 5.82 Å². The summed E-state index contributed by atoms with van der Waals surface area (Å²) in [6.07, 6.45) is 2.82. The van der Waals surface area contributed by atoms with E-state index in [1.165, 1.54) is 22.9 Å². The minimum Gasteiger partial charge on any atom is -0.505 e. The molecular weight excluding hydrogens is 708 g/mol. The molecule has 3 aromatic heterocycles. The number of nitrogens with zero attached hydrogens (tertiary/aromatic N) is 6. The summed E-state index contributed by atoms with van der Waals surface area (Å²) >= 11 is 1.58. The van der Waals surface area contributed by atoms with Crippen LogP contribution in [0.4, 0.5) is 15.0 Å². The molecule has 0 saturated carbocycles. The maximum absolute atomic E-state index is 13.9. The van der Waals surface area contributed by atoms with Gasteiger partial charge in [0, 0.05) is 65.3 Å². The SMILES string of the molecule is CCC(C)(C)c1cc(NC(=O)NCc2ccccc2Sc2ccc3nnc(-c4cccc(OCCN5CCOCC5)c4)n3c2)n(-c2ccc(F)c(O)c2)n1. The van der Waals surface area contributed by atoms with Crippen molar-refractivity contribution >= 4 is 29.3 Å². The number of halogens is 1. The molecule has 4 heterocycles. The lowest BCUT2D eigenvalue weighted by Crippen LogP contribution is -2.38. The van der Waals surface area contributed by atoms with Crippen LogP contribution < -0.4 is 15.4 Å². The number of aromatic nitrogens is 5. The zero-order valence-electron chi connectivity index (χ0n) is 30.5. The van der Waals surface area contributed by atoms with Gasteiger partial charge >= 0.3 is 6.03 Å². The van der Waals surface area contributed by atoms with Gasteiger partial charge in [0.25, 0.3) is 0 Å². The summed E-state index contributed by atoms with van der Waals surface area (Å²) in [4.78, 5) is 17.6. The molecule has 1 aliphatic rings. The first-order valence-electron chi connectivity index (χ1n) is 17.9. The molecule has 14 heteroatoms. The van der Waals surface area contributed by atoms with Crippen molar-refractivity contribution < 1.29 is 23.8 Å². The number of phenolic OH excluding ortho intramolecular Hbond substituents is 1. The lowest BCUT2D eigenvalue weighted by molar-refractivity contribution is 0.0322. The van der Waals surface area contributed by atoms with Gasteiger partial charge in [0.2, 0.25) is 0 Å². The highest BCUT2D eigenvalue weighted by Gasteiger charge is 2.25. The Kier molecular flexibility index (Phi) is 11.1. The predicted molar refractivity (Wildman–Crippen MR) is 206 cm³/mol. The molecule has 0 atom stereocenters. The minimum atomic E-state index is -0.739. The highest BCUT2D eigenvalue weighted by molar-refractivity contribution is 7.99. The van der Waals surface area contributed by atoms with Gasteiger partial charge in [-0.2, -0.15) is 5.10 Å². The number of ether oxygens (including phenoxy) is 2. The first kappa shape index (κ1) is 36.9. The van der Waals surface area contributed by atoms with Crippen LogP contribution in [0.3, 0.4) is 0 Å². The van der Waals surface area contributed by atoms with E-state index < -0.39 is 17.6 Å². The van der Waals surface area contributed by atoms with Crippen LogP contribution in [0.2, 0.25) is 0 Å². The van der Waals surface area contributed by atoms with Crippen LogP contribution in [-0.4, -0.2) is 79.9 Å². The van der Waals surface area contributed by atoms with Gasteiger partial charge in [-0.15, -0.1) is 10.2 Å². The molecule has 0 spiro atoms. The van der Waals surface area contributed by atoms with Gasteiger partial charge in [0.05, 0.1) is 24.6 Å². The number of hydrogen-bond donors (Lipinski definition) is 3. The average molecular weight is 751 g/mol. The minimum absolute atomic E-state index is 0.256. The van der Waals surface area contributed by atoms with Crippen molar-refractivity contribution in [1.29, 1.82) is 0 Å². The van der Waals surface area contributed by atoms with Gasteiger partial charge < -0.3 is 19.9 Å². The second-order valence-electron chi connectivity index (χ2n) is 13.7. The molecule has 6 aromatic rings. The van der Waals surface area contributed by atoms with Gasteiger partial charge in [0.15, 0.2) is 23.0 Å². The number of rotatable bonds is 13. The van der Waals surface area contributed by atoms with Gasteiger partial charge in [-0.1, -0.05) is 62.9 Å². The van der Waals surface area contributed by atoms with Crippen LogP contribution >= 0.6 is 11.8 Å². The Morgan fingerprint density at radius 1 is 1.02 bits per heavy atom. The van der Waals surface area contributed by atoms with E-state index in [0.29, 0.717) is 23.9 Å². The Balaban J connectivity index is 1.04. The summed E-state index contributed by atoms with van der Waals surface area (Å²) in [5.74, 6) is 0.631. The van der Waals surface area contributed by atoms with E-state index >= 15 is 0 Å². The van der Waals surface area contributed by atoms with Gasteiger partial charge in [-0.25, -0.2) is 13.9 Å². The topological polar surface area (TPSA) is 131 Å². The van der Waals surface area contributed by atoms with Crippen LogP contribution in [0.15, 0.2) is 101 Å². The molecule has 3 aromatic carbocycles. The Morgan fingerprint density at radius 3 is 2.67 bits per heavy atom. The number of benzene rings is 3. The van der Waals surface area contributed by atoms with Crippen molar-refractivity contribution in [3.05, 3.63) is 108 Å². The van der Waals surface area contributed by atoms with E-state index in [9.17, 15) is 14.3 Å². The van der Waals surface area contributed by atoms with Gasteiger partial charge in [-0.05, 0) is 54.4 Å². The molecule has 54 heavy (non-hydrogen) atoms. The number of carbonyl (C=O) groups is 1. The van der Waals surface area contributed by atoms with Crippen molar-refractivity contribution in [2.45, 2.75) is 48.9 Å². The van der Waals surface area contributed by atoms with Crippen LogP contribution in [-0.2, 0) is 16.7 Å². The fourth-order valence-corrected chi connectivity index (χ4v) is 6.96. The standard InChI is InChI=1S/C40H43FN8O4S/c1-4-40(2,3)35-24-37(49(46-35)29-12-14-32(41)33(50)23-29)43-39(51)42-25-28-8-5-6-11-34(28)54-31-13-15-36-44-45-38(48(36)26-31)27-9-7-10-30(22-27)53-21-18-47-16-19-52-20-17-47/h5-15,22-24,26,50H,4,16-21,25H2,1-3H3,(H2,42,43,51). The number of fused-ring (bicyclic) bond motifs is 1. The molecule has 280 valence electrons. The predicted octanol–water partition coefficient (Wildman–Crippen LogP) is 7.30. The fourth-order valence-electron chi connectivity index (χ4n) is 5.99. The molecule has 0 radical (unpaired) electrons. The lowest BCUT2D eigenvalue weighted by Gasteiger charge is -2.26. The summed E-state index contributed by atoms with van der Waals surface area (Å²) < 4.78 is 28.9. The first-order valence-corrected chi connectivity index (χ1v) is 18.8. The maximum Gasteiger partial charge on any atom is 0.320 e. The molecule has 7 rings (SSSR count). The monoisotopic (exact) mass is 750 g/mol. The maximum atomic E-state index is 13.9. The van der Waals surface area contributed by atoms with E-state index in [-0.39, 0.29) is 12.0 Å². The molecule has 0 bridgehead atoms. The molecule has 1 fully saturated rings. The number of phenols is 1.